The predicted octanol–water partition coefficient (Wildman–Crippen LogP) is 2.30. The smallest absolute Gasteiger partial charge is 0.252 e. The van der Waals surface area contributed by atoms with Crippen LogP contribution in [0, 0.1) is 13.8 Å². The lowest BCUT2D eigenvalue weighted by molar-refractivity contribution is 0.550. The highest BCUT2D eigenvalue weighted by atomic mass is 32.2. The minimum atomic E-state index is 0.511. The summed E-state index contributed by atoms with van der Waals surface area (Å²) < 4.78 is 7.52. The maximum absolute atomic E-state index is 5.46. The van der Waals surface area contributed by atoms with Gasteiger partial charge in [0.25, 0.3) is 5.71 Å². The van der Waals surface area contributed by atoms with Crippen molar-refractivity contribution in [1.82, 2.24) is 24.5 Å². The number of thioether (sulfide) groups is 1. The molecular weight excluding hydrogens is 288 g/mol. The number of hydrogen-bond acceptors (Lipinski definition) is 7. The van der Waals surface area contributed by atoms with Crippen LogP contribution in [0.1, 0.15) is 17.4 Å². The second-order valence-corrected chi connectivity index (χ2v) is 5.43. The third kappa shape index (κ3) is 2.58. The molecule has 0 spiro atoms. The van der Waals surface area contributed by atoms with Crippen molar-refractivity contribution in [2.45, 2.75) is 25.5 Å². The van der Waals surface area contributed by atoms with E-state index in [4.69, 9.17) is 4.42 Å². The minimum absolute atomic E-state index is 0.511. The predicted molar refractivity (Wildman–Crippen MR) is 81.4 cm³/mol. The van der Waals surface area contributed by atoms with E-state index in [-0.39, 0.29) is 0 Å². The van der Waals surface area contributed by atoms with Gasteiger partial charge in [-0.15, -0.1) is 0 Å². The first-order chi connectivity index (χ1) is 10.1. The Bertz CT molecular complexity index is 793. The average molecular weight is 304 g/mol. The van der Waals surface area contributed by atoms with E-state index in [0.29, 0.717) is 35.3 Å². The van der Waals surface area contributed by atoms with Gasteiger partial charge in [-0.05, 0) is 13.2 Å². The van der Waals surface area contributed by atoms with E-state index in [0.717, 1.165) is 10.9 Å². The summed E-state index contributed by atoms with van der Waals surface area (Å²) >= 11 is 1.62. The topological polar surface area (TPSA) is 81.7 Å². The summed E-state index contributed by atoms with van der Waals surface area (Å²) in [5, 5.41) is 4.27. The minimum Gasteiger partial charge on any atom is -0.422 e. The first kappa shape index (κ1) is 13.9. The average Bonchev–Trinajstić information content (AvgIpc) is 2.98. The van der Waals surface area contributed by atoms with Crippen LogP contribution in [-0.2, 0) is 13.6 Å². The molecule has 3 rings (SSSR count). The van der Waals surface area contributed by atoms with Crippen molar-refractivity contribution in [2.75, 3.05) is 11.6 Å². The molecule has 0 unspecified atom stereocenters. The van der Waals surface area contributed by atoms with Gasteiger partial charge in [0, 0.05) is 14.0 Å². The molecule has 8 heteroatoms. The van der Waals surface area contributed by atoms with Gasteiger partial charge in [0.05, 0.1) is 18.4 Å². The number of oxazole rings is 1. The van der Waals surface area contributed by atoms with Crippen LogP contribution < -0.4 is 5.32 Å². The highest BCUT2D eigenvalue weighted by Crippen LogP contribution is 2.21. The van der Waals surface area contributed by atoms with E-state index in [2.05, 4.69) is 29.8 Å². The second-order valence-electron chi connectivity index (χ2n) is 4.65. The summed E-state index contributed by atoms with van der Waals surface area (Å²) in [6.45, 7) is 4.24. The Labute approximate surface area is 126 Å². The van der Waals surface area contributed by atoms with Crippen molar-refractivity contribution in [1.29, 1.82) is 0 Å². The summed E-state index contributed by atoms with van der Waals surface area (Å²) in [4.78, 5) is 17.3. The molecule has 0 fully saturated rings. The number of hydrogen-bond donors (Lipinski definition) is 1. The number of nitrogens with zero attached hydrogens (tertiary/aromatic N) is 5. The van der Waals surface area contributed by atoms with Gasteiger partial charge in [0.1, 0.15) is 5.82 Å². The van der Waals surface area contributed by atoms with Crippen molar-refractivity contribution in [2.24, 2.45) is 7.05 Å². The maximum atomic E-state index is 5.46. The Kier molecular flexibility index (Phi) is 3.54. The molecule has 21 heavy (non-hydrogen) atoms. The number of aryl methyl sites for hydroxylation is 2. The van der Waals surface area contributed by atoms with Crippen molar-refractivity contribution in [3.05, 3.63) is 23.6 Å². The number of anilines is 1. The van der Waals surface area contributed by atoms with Gasteiger partial charge in [-0.3, -0.25) is 0 Å². The van der Waals surface area contributed by atoms with Crippen LogP contribution in [0.25, 0.3) is 11.2 Å². The SMILES string of the molecule is CSc1ncc(CNc2nc(C)nc3oc(C)nc23)n1C. The molecule has 0 aliphatic carbocycles. The van der Waals surface area contributed by atoms with Crippen LogP contribution in [0.2, 0.25) is 0 Å². The molecule has 0 aliphatic rings. The molecule has 0 bridgehead atoms. The van der Waals surface area contributed by atoms with Crippen LogP contribution in [0.5, 0.6) is 0 Å². The first-order valence-corrected chi connectivity index (χ1v) is 7.71. The molecule has 3 aromatic rings. The van der Waals surface area contributed by atoms with Crippen molar-refractivity contribution in [3.63, 3.8) is 0 Å². The summed E-state index contributed by atoms with van der Waals surface area (Å²) in [6, 6.07) is 0. The van der Waals surface area contributed by atoms with E-state index in [1.807, 2.05) is 26.4 Å². The molecular formula is C13H16N6OS. The molecule has 0 aromatic carbocycles. The van der Waals surface area contributed by atoms with Gasteiger partial charge in [-0.1, -0.05) is 11.8 Å². The monoisotopic (exact) mass is 304 g/mol. The molecule has 110 valence electrons. The van der Waals surface area contributed by atoms with E-state index >= 15 is 0 Å². The lowest BCUT2D eigenvalue weighted by atomic mass is 10.4. The lowest BCUT2D eigenvalue weighted by Gasteiger charge is -2.07. The summed E-state index contributed by atoms with van der Waals surface area (Å²) in [7, 11) is 2.00. The zero-order chi connectivity index (χ0) is 15.0. The molecule has 3 aromatic heterocycles. The molecule has 0 aliphatic heterocycles. The maximum Gasteiger partial charge on any atom is 0.252 e. The Balaban J connectivity index is 1.89. The van der Waals surface area contributed by atoms with Gasteiger partial charge >= 0.3 is 0 Å². The summed E-state index contributed by atoms with van der Waals surface area (Å²) in [5.41, 5.74) is 2.24. The van der Waals surface area contributed by atoms with Crippen molar-refractivity contribution < 1.29 is 4.42 Å². The summed E-state index contributed by atoms with van der Waals surface area (Å²) in [5.74, 6) is 1.91. The standard InChI is InChI=1S/C13H16N6OS/c1-7-16-11(10-12(17-7)20-8(2)18-10)14-5-9-6-15-13(21-4)19(9)3/h6H,5H2,1-4H3,(H,14,16,17). The van der Waals surface area contributed by atoms with Crippen LogP contribution in [0.15, 0.2) is 15.8 Å². The Morgan fingerprint density at radius 2 is 2.10 bits per heavy atom. The van der Waals surface area contributed by atoms with Gasteiger partial charge in [0.15, 0.2) is 22.4 Å². The third-order valence-corrected chi connectivity index (χ3v) is 3.88. The third-order valence-electron chi connectivity index (χ3n) is 3.14. The number of imidazole rings is 1. The highest BCUT2D eigenvalue weighted by Gasteiger charge is 2.13. The van der Waals surface area contributed by atoms with Crippen LogP contribution in [0.3, 0.4) is 0 Å². The molecule has 0 radical (unpaired) electrons. The number of rotatable bonds is 4. The molecule has 0 atom stereocenters. The van der Waals surface area contributed by atoms with E-state index in [1.165, 1.54) is 0 Å². The number of fused-ring (bicyclic) bond motifs is 1. The number of nitrogens with one attached hydrogen (secondary N) is 1. The highest BCUT2D eigenvalue weighted by molar-refractivity contribution is 7.98. The van der Waals surface area contributed by atoms with Crippen molar-refractivity contribution in [3.8, 4) is 0 Å². The molecule has 3 heterocycles. The van der Waals surface area contributed by atoms with E-state index < -0.39 is 0 Å². The van der Waals surface area contributed by atoms with E-state index in [1.54, 1.807) is 18.7 Å². The van der Waals surface area contributed by atoms with Crippen LogP contribution >= 0.6 is 11.8 Å². The molecule has 0 saturated heterocycles. The Morgan fingerprint density at radius 3 is 2.81 bits per heavy atom. The molecule has 0 amide bonds. The summed E-state index contributed by atoms with van der Waals surface area (Å²) in [6.07, 6.45) is 3.87. The fourth-order valence-electron chi connectivity index (χ4n) is 2.11. The van der Waals surface area contributed by atoms with Gasteiger partial charge in [0.2, 0.25) is 0 Å². The zero-order valence-electron chi connectivity index (χ0n) is 12.3. The Hall–Kier alpha value is -2.09. The quantitative estimate of drug-likeness (QED) is 0.740. The van der Waals surface area contributed by atoms with Crippen molar-refractivity contribution >= 4 is 28.8 Å². The lowest BCUT2D eigenvalue weighted by Crippen LogP contribution is -2.07. The van der Waals surface area contributed by atoms with Gasteiger partial charge in [-0.25, -0.2) is 15.0 Å². The first-order valence-electron chi connectivity index (χ1n) is 6.48. The normalized spacial score (nSPS) is 11.2. The fraction of sp³-hybridized carbons (Fsp3) is 0.385. The molecule has 7 nitrogen and oxygen atoms in total. The second kappa shape index (κ2) is 5.36. The van der Waals surface area contributed by atoms with E-state index in [9.17, 15) is 0 Å². The largest absolute Gasteiger partial charge is 0.422 e. The van der Waals surface area contributed by atoms with Gasteiger partial charge in [-0.2, -0.15) is 4.98 Å². The van der Waals surface area contributed by atoms with Crippen LogP contribution in [0.4, 0.5) is 5.82 Å². The number of aromatic nitrogens is 5. The van der Waals surface area contributed by atoms with Gasteiger partial charge < -0.3 is 14.3 Å². The molecule has 0 saturated carbocycles. The molecule has 1 N–H and O–H groups in total. The zero-order valence-corrected chi connectivity index (χ0v) is 13.2. The fourth-order valence-corrected chi connectivity index (χ4v) is 2.66. The Morgan fingerprint density at radius 1 is 1.29 bits per heavy atom. The van der Waals surface area contributed by atoms with Crippen LogP contribution in [-0.4, -0.2) is 30.8 Å².